The molecule has 1 aromatic carbocycles. The maximum absolute atomic E-state index is 12.0. The van der Waals surface area contributed by atoms with Crippen molar-refractivity contribution in [2.45, 2.75) is 37.5 Å². The minimum atomic E-state index is -3.75. The first-order chi connectivity index (χ1) is 12.7. The second-order valence-electron chi connectivity index (χ2n) is 6.98. The molecule has 3 rings (SSSR count). The van der Waals surface area contributed by atoms with Gasteiger partial charge in [-0.1, -0.05) is 12.1 Å². The number of hydrogen-bond donors (Lipinski definition) is 2. The Morgan fingerprint density at radius 2 is 2.07 bits per heavy atom. The SMILES string of the molecule is CC(CCn1cc(-c2ccc3c(c2)C(=O)CC3)cn1)(C(=O)NO)S(C)(=O)=O. The smallest absolute Gasteiger partial charge is 0.264 e. The number of benzene rings is 1. The van der Waals surface area contributed by atoms with Gasteiger partial charge >= 0.3 is 0 Å². The van der Waals surface area contributed by atoms with Crippen LogP contribution < -0.4 is 5.48 Å². The Morgan fingerprint density at radius 1 is 1.33 bits per heavy atom. The number of nitrogens with one attached hydrogen (secondary N) is 1. The highest BCUT2D eigenvalue weighted by molar-refractivity contribution is 7.92. The van der Waals surface area contributed by atoms with Crippen molar-refractivity contribution in [3.8, 4) is 11.1 Å². The van der Waals surface area contributed by atoms with Crippen molar-refractivity contribution in [2.24, 2.45) is 0 Å². The van der Waals surface area contributed by atoms with Crippen LogP contribution in [0.15, 0.2) is 30.6 Å². The summed E-state index contributed by atoms with van der Waals surface area (Å²) in [5.74, 6) is -0.840. The van der Waals surface area contributed by atoms with E-state index in [-0.39, 0.29) is 18.7 Å². The Hall–Kier alpha value is -2.52. The largest absolute Gasteiger partial charge is 0.294 e. The van der Waals surface area contributed by atoms with Crippen molar-refractivity contribution < 1.29 is 23.2 Å². The summed E-state index contributed by atoms with van der Waals surface area (Å²) in [5.41, 5.74) is 4.87. The van der Waals surface area contributed by atoms with Crippen molar-refractivity contribution in [1.29, 1.82) is 0 Å². The van der Waals surface area contributed by atoms with Crippen LogP contribution in [0.1, 0.15) is 35.7 Å². The molecule has 1 unspecified atom stereocenters. The molecule has 0 saturated heterocycles. The van der Waals surface area contributed by atoms with Gasteiger partial charge in [0.15, 0.2) is 20.4 Å². The van der Waals surface area contributed by atoms with Crippen LogP contribution in [0.2, 0.25) is 0 Å². The standard InChI is InChI=1S/C18H21N3O5S/c1-18(17(23)20-24,27(2,25)26)7-8-21-11-14(10-19-21)13-4-3-12-5-6-16(22)15(12)9-13/h3-4,9-11,24H,5-8H2,1-2H3,(H,20,23). The van der Waals surface area contributed by atoms with E-state index in [9.17, 15) is 18.0 Å². The minimum absolute atomic E-state index is 0.0536. The Bertz CT molecular complexity index is 1010. The van der Waals surface area contributed by atoms with Crippen molar-refractivity contribution in [1.82, 2.24) is 15.3 Å². The number of hydroxylamine groups is 1. The summed E-state index contributed by atoms with van der Waals surface area (Å²) in [4.78, 5) is 23.8. The van der Waals surface area contributed by atoms with Gasteiger partial charge in [0.2, 0.25) is 0 Å². The van der Waals surface area contributed by atoms with Crippen molar-refractivity contribution >= 4 is 21.5 Å². The number of nitrogens with zero attached hydrogens (tertiary/aromatic N) is 2. The number of rotatable bonds is 6. The molecule has 0 radical (unpaired) electrons. The van der Waals surface area contributed by atoms with Crippen LogP contribution >= 0.6 is 0 Å². The van der Waals surface area contributed by atoms with Crippen molar-refractivity contribution in [3.05, 3.63) is 41.7 Å². The number of aromatic nitrogens is 2. The van der Waals surface area contributed by atoms with E-state index >= 15 is 0 Å². The number of fused-ring (bicyclic) bond motifs is 1. The lowest BCUT2D eigenvalue weighted by atomic mass is 10.0. The molecular formula is C18H21N3O5S. The lowest BCUT2D eigenvalue weighted by Crippen LogP contribution is -2.49. The van der Waals surface area contributed by atoms with Gasteiger partial charge < -0.3 is 0 Å². The molecule has 1 aromatic heterocycles. The number of sulfone groups is 1. The topological polar surface area (TPSA) is 118 Å². The van der Waals surface area contributed by atoms with E-state index in [0.717, 1.165) is 34.9 Å². The van der Waals surface area contributed by atoms with Crippen LogP contribution in [0, 0.1) is 0 Å². The van der Waals surface area contributed by atoms with Gasteiger partial charge in [-0.2, -0.15) is 5.10 Å². The molecule has 0 fully saturated rings. The molecule has 1 heterocycles. The van der Waals surface area contributed by atoms with E-state index in [1.165, 1.54) is 12.4 Å². The molecule has 144 valence electrons. The second-order valence-corrected chi connectivity index (χ2v) is 9.43. The van der Waals surface area contributed by atoms with Gasteiger partial charge in [-0.15, -0.1) is 0 Å². The van der Waals surface area contributed by atoms with E-state index in [1.54, 1.807) is 17.1 Å². The van der Waals surface area contributed by atoms with Crippen molar-refractivity contribution in [3.63, 3.8) is 0 Å². The van der Waals surface area contributed by atoms with Gasteiger partial charge in [-0.05, 0) is 37.0 Å². The van der Waals surface area contributed by atoms with E-state index in [2.05, 4.69) is 5.10 Å². The van der Waals surface area contributed by atoms with Crippen LogP contribution in [-0.4, -0.2) is 46.1 Å². The zero-order chi connectivity index (χ0) is 19.8. The van der Waals surface area contributed by atoms with Gasteiger partial charge in [0.1, 0.15) is 0 Å². The third kappa shape index (κ3) is 3.52. The molecule has 2 aromatic rings. The summed E-state index contributed by atoms with van der Waals surface area (Å²) in [6.45, 7) is 1.44. The fraction of sp³-hybridized carbons (Fsp3) is 0.389. The van der Waals surface area contributed by atoms with E-state index in [1.807, 2.05) is 18.2 Å². The normalized spacial score (nSPS) is 16.0. The molecule has 2 N–H and O–H groups in total. The molecule has 9 heteroatoms. The molecule has 0 bridgehead atoms. The first kappa shape index (κ1) is 19.2. The average molecular weight is 391 g/mol. The van der Waals surface area contributed by atoms with Crippen LogP contribution in [0.25, 0.3) is 11.1 Å². The highest BCUT2D eigenvalue weighted by Gasteiger charge is 2.43. The summed E-state index contributed by atoms with van der Waals surface area (Å²) in [6, 6.07) is 5.73. The molecular weight excluding hydrogens is 370 g/mol. The Kier molecular flexibility index (Phi) is 4.92. The first-order valence-electron chi connectivity index (χ1n) is 8.49. The zero-order valence-electron chi connectivity index (χ0n) is 15.1. The number of hydrogen-bond acceptors (Lipinski definition) is 6. The number of ketones is 1. The maximum atomic E-state index is 12.0. The summed E-state index contributed by atoms with van der Waals surface area (Å²) in [6.07, 6.45) is 5.58. The fourth-order valence-electron chi connectivity index (χ4n) is 3.16. The fourth-order valence-corrected chi connectivity index (χ4v) is 4.01. The van der Waals surface area contributed by atoms with Crippen LogP contribution in [0.3, 0.4) is 0 Å². The number of amides is 1. The van der Waals surface area contributed by atoms with Gasteiger partial charge in [0.25, 0.3) is 5.91 Å². The zero-order valence-corrected chi connectivity index (χ0v) is 15.9. The van der Waals surface area contributed by atoms with Crippen LogP contribution in [0.5, 0.6) is 0 Å². The maximum Gasteiger partial charge on any atom is 0.264 e. The predicted molar refractivity (Wildman–Crippen MR) is 98.1 cm³/mol. The average Bonchev–Trinajstić information content (AvgIpc) is 3.25. The van der Waals surface area contributed by atoms with E-state index in [0.29, 0.717) is 6.42 Å². The highest BCUT2D eigenvalue weighted by atomic mass is 32.2. The first-order valence-corrected chi connectivity index (χ1v) is 10.4. The molecule has 1 atom stereocenters. The van der Waals surface area contributed by atoms with Gasteiger partial charge in [-0.25, -0.2) is 13.9 Å². The number of aryl methyl sites for hydroxylation is 2. The Balaban J connectivity index is 1.80. The second kappa shape index (κ2) is 6.90. The molecule has 0 aliphatic heterocycles. The third-order valence-corrected chi connectivity index (χ3v) is 7.24. The molecule has 0 spiro atoms. The molecule has 1 aliphatic carbocycles. The van der Waals surface area contributed by atoms with Gasteiger partial charge in [0, 0.05) is 36.5 Å². The lowest BCUT2D eigenvalue weighted by molar-refractivity contribution is -0.131. The third-order valence-electron chi connectivity index (χ3n) is 5.22. The predicted octanol–water partition coefficient (Wildman–Crippen LogP) is 1.38. The molecule has 8 nitrogen and oxygen atoms in total. The lowest BCUT2D eigenvalue weighted by Gasteiger charge is -2.24. The van der Waals surface area contributed by atoms with Gasteiger partial charge in [0.05, 0.1) is 6.20 Å². The molecule has 1 aliphatic rings. The molecule has 1 amide bonds. The van der Waals surface area contributed by atoms with Gasteiger partial charge in [-0.3, -0.25) is 19.5 Å². The Morgan fingerprint density at radius 3 is 2.74 bits per heavy atom. The number of carbonyl (C=O) groups is 2. The summed E-state index contributed by atoms with van der Waals surface area (Å²) in [5, 5.41) is 13.1. The number of carbonyl (C=O) groups excluding carboxylic acids is 2. The quantitative estimate of drug-likeness (QED) is 0.567. The molecule has 27 heavy (non-hydrogen) atoms. The molecule has 0 saturated carbocycles. The summed E-state index contributed by atoms with van der Waals surface area (Å²) >= 11 is 0. The minimum Gasteiger partial charge on any atom is -0.294 e. The van der Waals surface area contributed by atoms with E-state index in [4.69, 9.17) is 5.21 Å². The van der Waals surface area contributed by atoms with Crippen LogP contribution in [0.4, 0.5) is 0 Å². The van der Waals surface area contributed by atoms with Crippen LogP contribution in [-0.2, 0) is 27.6 Å². The number of Topliss-reactive ketones (excluding diaryl/α,β-unsaturated/α-hetero) is 1. The summed E-state index contributed by atoms with van der Waals surface area (Å²) in [7, 11) is -3.75. The Labute approximate surface area is 157 Å². The highest BCUT2D eigenvalue weighted by Crippen LogP contribution is 2.28. The monoisotopic (exact) mass is 391 g/mol. The van der Waals surface area contributed by atoms with Crippen molar-refractivity contribution in [2.75, 3.05) is 6.26 Å². The van der Waals surface area contributed by atoms with E-state index < -0.39 is 20.5 Å². The summed E-state index contributed by atoms with van der Waals surface area (Å²) < 4.78 is 23.8.